The Labute approximate surface area is 141 Å². The van der Waals surface area contributed by atoms with Gasteiger partial charge in [0.05, 0.1) is 11.5 Å². The summed E-state index contributed by atoms with van der Waals surface area (Å²) in [6.07, 6.45) is 7.63. The summed E-state index contributed by atoms with van der Waals surface area (Å²) >= 11 is 0. The highest BCUT2D eigenvalue weighted by atomic mass is 16.4. The van der Waals surface area contributed by atoms with Gasteiger partial charge in [0, 0.05) is 1.37 Å². The number of carboxylic acid groups (broad SMARTS) is 1. The van der Waals surface area contributed by atoms with Crippen LogP contribution >= 0.6 is 0 Å². The van der Waals surface area contributed by atoms with Crippen LogP contribution < -0.4 is 0 Å². The summed E-state index contributed by atoms with van der Waals surface area (Å²) in [4.78, 5) is 12.1. The largest absolute Gasteiger partial charge is 0.481 e. The van der Waals surface area contributed by atoms with E-state index in [1.807, 2.05) is 0 Å². The fraction of sp³-hybridized carbons (Fsp3) is 0.950. The molecule has 2 unspecified atom stereocenters. The molecule has 4 rings (SSSR count). The first-order chi connectivity index (χ1) is 11.3. The van der Waals surface area contributed by atoms with Gasteiger partial charge in [-0.15, -0.1) is 0 Å². The van der Waals surface area contributed by atoms with Gasteiger partial charge >= 0.3 is 5.97 Å². The average Bonchev–Trinajstić information content (AvgIpc) is 2.79. The van der Waals surface area contributed by atoms with Crippen molar-refractivity contribution in [2.24, 2.45) is 39.9 Å². The molecular weight excluding hydrogens is 288 g/mol. The van der Waals surface area contributed by atoms with Crippen LogP contribution in [0.2, 0.25) is 0 Å². The predicted octanol–water partition coefficient (Wildman–Crippen LogP) is 4.09. The number of aliphatic hydroxyl groups is 1. The van der Waals surface area contributed by atoms with Gasteiger partial charge in [0.2, 0.25) is 0 Å². The molecule has 23 heavy (non-hydrogen) atoms. The van der Waals surface area contributed by atoms with Gasteiger partial charge < -0.3 is 10.2 Å². The third kappa shape index (κ3) is 1.83. The number of carboxylic acids is 1. The van der Waals surface area contributed by atoms with Crippen LogP contribution in [0.25, 0.3) is 0 Å². The number of hydrogen-bond donors (Lipinski definition) is 2. The molecule has 0 aromatic rings. The second-order valence-corrected chi connectivity index (χ2v) is 9.60. The summed E-state index contributed by atoms with van der Waals surface area (Å²) in [5.74, 6) is 1.22. The van der Waals surface area contributed by atoms with Crippen molar-refractivity contribution >= 4 is 5.97 Å². The van der Waals surface area contributed by atoms with E-state index in [2.05, 4.69) is 6.92 Å². The fourth-order valence-corrected chi connectivity index (χ4v) is 7.68. The minimum absolute atomic E-state index is 0.0492. The van der Waals surface area contributed by atoms with Crippen LogP contribution in [-0.4, -0.2) is 22.3 Å². The molecule has 0 heterocycles. The lowest BCUT2D eigenvalue weighted by Gasteiger charge is -2.64. The third-order valence-electron chi connectivity index (χ3n) is 8.85. The maximum absolute atomic E-state index is 12.1. The van der Waals surface area contributed by atoms with Crippen molar-refractivity contribution in [1.82, 2.24) is 0 Å². The molecule has 0 radical (unpaired) electrons. The van der Waals surface area contributed by atoms with Crippen LogP contribution in [-0.2, 0) is 4.79 Å². The molecule has 8 atom stereocenters. The molecule has 4 aliphatic rings. The second-order valence-electron chi connectivity index (χ2n) is 9.60. The van der Waals surface area contributed by atoms with Gasteiger partial charge in [0.15, 0.2) is 0 Å². The zero-order valence-corrected chi connectivity index (χ0v) is 14.6. The van der Waals surface area contributed by atoms with E-state index in [-0.39, 0.29) is 11.3 Å². The zero-order chi connectivity index (χ0) is 17.3. The Morgan fingerprint density at radius 1 is 1.13 bits per heavy atom. The monoisotopic (exact) mass is 321 g/mol. The highest BCUT2D eigenvalue weighted by molar-refractivity contribution is 5.76. The van der Waals surface area contributed by atoms with Crippen molar-refractivity contribution in [3.05, 3.63) is 0 Å². The van der Waals surface area contributed by atoms with Crippen molar-refractivity contribution in [1.29, 1.82) is 0 Å². The lowest BCUT2D eigenvalue weighted by atomic mass is 9.40. The minimum Gasteiger partial charge on any atom is -0.481 e. The molecule has 2 N–H and O–H groups in total. The molecule has 0 aromatic heterocycles. The molecule has 4 fully saturated rings. The number of rotatable bonds is 1. The summed E-state index contributed by atoms with van der Waals surface area (Å²) in [7, 11) is 0. The summed E-state index contributed by atoms with van der Waals surface area (Å²) in [5, 5.41) is 20.5. The predicted molar refractivity (Wildman–Crippen MR) is 88.9 cm³/mol. The first-order valence-corrected chi connectivity index (χ1v) is 9.51. The van der Waals surface area contributed by atoms with E-state index in [0.29, 0.717) is 24.7 Å². The van der Waals surface area contributed by atoms with E-state index in [9.17, 15) is 15.0 Å². The van der Waals surface area contributed by atoms with Crippen LogP contribution in [0.3, 0.4) is 0 Å². The van der Waals surface area contributed by atoms with Gasteiger partial charge in [-0.05, 0) is 92.8 Å². The normalized spacial score (nSPS) is 58.9. The van der Waals surface area contributed by atoms with Crippen molar-refractivity contribution in [2.45, 2.75) is 78.2 Å². The van der Waals surface area contributed by atoms with Gasteiger partial charge in [-0.25, -0.2) is 0 Å². The summed E-state index contributed by atoms with van der Waals surface area (Å²) in [5.41, 5.74) is -0.913. The molecule has 4 saturated carbocycles. The van der Waals surface area contributed by atoms with Crippen LogP contribution in [0.5, 0.6) is 0 Å². The number of fused-ring (bicyclic) bond motifs is 3. The number of hydrogen-bond acceptors (Lipinski definition) is 2. The highest BCUT2D eigenvalue weighted by Crippen LogP contribution is 2.72. The number of aliphatic hydroxyl groups excluding tert-OH is 1. The molecular formula is C20H32O3. The number of carbonyl (C=O) groups is 1. The fourth-order valence-electron chi connectivity index (χ4n) is 7.68. The Kier molecular flexibility index (Phi) is 3.04. The standard InChI is InChI=1S/C20H32O3/c1-12-10-20-9-6-14-18(2,15(20)5-4-13(12)11-20)8-7-16(21)19(14,3)17(22)23/h12-16,21H,4-11H2,1-3H3,(H,22,23)/t12-,13-,14-,15-,16?,18+,19?,20+/m1/s1/i2D. The maximum atomic E-state index is 12.1. The van der Waals surface area contributed by atoms with Gasteiger partial charge in [-0.3, -0.25) is 4.79 Å². The minimum atomic E-state index is -1.08. The SMILES string of the molecule is [2H]C[C@]12CCC(O)C(C)(C(=O)O)[C@@H]1CC[C@]13C[C@@H](CC[C@@H]12)[C@H](C)C3. The van der Waals surface area contributed by atoms with E-state index in [1.54, 1.807) is 6.92 Å². The van der Waals surface area contributed by atoms with E-state index >= 15 is 0 Å². The molecule has 0 aromatic carbocycles. The molecule has 0 aliphatic heterocycles. The van der Waals surface area contributed by atoms with Crippen LogP contribution in [0.15, 0.2) is 0 Å². The smallest absolute Gasteiger partial charge is 0.312 e. The number of aliphatic carboxylic acids is 1. The van der Waals surface area contributed by atoms with Crippen molar-refractivity contribution in [2.75, 3.05) is 0 Å². The van der Waals surface area contributed by atoms with Gasteiger partial charge in [0.1, 0.15) is 0 Å². The van der Waals surface area contributed by atoms with Crippen LogP contribution in [0.4, 0.5) is 0 Å². The molecule has 1 spiro atoms. The van der Waals surface area contributed by atoms with Crippen molar-refractivity contribution in [3.8, 4) is 0 Å². The summed E-state index contributed by atoms with van der Waals surface area (Å²) < 4.78 is 8.47. The molecule has 4 aliphatic carbocycles. The van der Waals surface area contributed by atoms with Gasteiger partial charge in [0.25, 0.3) is 0 Å². The summed E-state index contributed by atoms with van der Waals surface area (Å²) in [6, 6.07) is 0. The highest BCUT2D eigenvalue weighted by Gasteiger charge is 2.67. The van der Waals surface area contributed by atoms with Crippen molar-refractivity contribution < 1.29 is 16.4 Å². The first kappa shape index (κ1) is 14.7. The van der Waals surface area contributed by atoms with Gasteiger partial charge in [-0.2, -0.15) is 0 Å². The van der Waals surface area contributed by atoms with E-state index < -0.39 is 17.5 Å². The topological polar surface area (TPSA) is 57.5 Å². The molecule has 3 nitrogen and oxygen atoms in total. The second kappa shape index (κ2) is 4.74. The molecule has 2 bridgehead atoms. The van der Waals surface area contributed by atoms with Crippen LogP contribution in [0.1, 0.15) is 73.5 Å². The Morgan fingerprint density at radius 3 is 2.61 bits per heavy atom. The van der Waals surface area contributed by atoms with E-state index in [4.69, 9.17) is 1.37 Å². The molecule has 3 heteroatoms. The zero-order valence-electron chi connectivity index (χ0n) is 15.6. The first-order valence-electron chi connectivity index (χ1n) is 10.2. The molecule has 0 saturated heterocycles. The Hall–Kier alpha value is -0.570. The van der Waals surface area contributed by atoms with Crippen molar-refractivity contribution in [3.63, 3.8) is 0 Å². The molecule has 0 amide bonds. The maximum Gasteiger partial charge on any atom is 0.312 e. The third-order valence-corrected chi connectivity index (χ3v) is 8.85. The average molecular weight is 321 g/mol. The Morgan fingerprint density at radius 2 is 1.91 bits per heavy atom. The Bertz CT molecular complexity index is 547. The van der Waals surface area contributed by atoms with E-state index in [0.717, 1.165) is 31.1 Å². The molecule has 130 valence electrons. The summed E-state index contributed by atoms with van der Waals surface area (Å²) in [6.45, 7) is 4.49. The van der Waals surface area contributed by atoms with Gasteiger partial charge in [-0.1, -0.05) is 13.8 Å². The Balaban J connectivity index is 1.78. The quantitative estimate of drug-likeness (QED) is 0.765. The lowest BCUT2D eigenvalue weighted by molar-refractivity contribution is -0.204. The van der Waals surface area contributed by atoms with E-state index in [1.165, 1.54) is 25.7 Å². The van der Waals surface area contributed by atoms with Crippen LogP contribution in [0, 0.1) is 39.9 Å². The lowest BCUT2D eigenvalue weighted by Crippen LogP contribution is -2.62.